The highest BCUT2D eigenvalue weighted by molar-refractivity contribution is 4.60. The molecule has 0 aromatic heterocycles. The normalized spacial score (nSPS) is 13.6. The summed E-state index contributed by atoms with van der Waals surface area (Å²) < 4.78 is 0. The van der Waals surface area contributed by atoms with Crippen molar-refractivity contribution in [2.24, 2.45) is 5.92 Å². The molecule has 0 rings (SSSR count). The van der Waals surface area contributed by atoms with Crippen molar-refractivity contribution in [1.29, 1.82) is 0 Å². The van der Waals surface area contributed by atoms with E-state index in [1.807, 2.05) is 0 Å². The van der Waals surface area contributed by atoms with Gasteiger partial charge in [0.1, 0.15) is 0 Å². The highest BCUT2D eigenvalue weighted by atomic mass is 15.1. The summed E-state index contributed by atoms with van der Waals surface area (Å²) in [7, 11) is 4.35. The maximum atomic E-state index is 2.31. The van der Waals surface area contributed by atoms with Gasteiger partial charge in [0.25, 0.3) is 0 Å². The van der Waals surface area contributed by atoms with Crippen LogP contribution < -0.4 is 0 Å². The number of nitrogens with zero attached hydrogens (tertiary/aromatic N) is 1. The van der Waals surface area contributed by atoms with E-state index in [0.717, 1.165) is 5.92 Å². The van der Waals surface area contributed by atoms with Crippen molar-refractivity contribution in [1.82, 2.24) is 4.90 Å². The average molecular weight is 185 g/mol. The van der Waals surface area contributed by atoms with E-state index in [-0.39, 0.29) is 0 Å². The Morgan fingerprint density at radius 3 is 2.15 bits per heavy atom. The van der Waals surface area contributed by atoms with E-state index in [1.54, 1.807) is 0 Å². The Kier molecular flexibility index (Phi) is 8.53. The third-order valence-corrected chi connectivity index (χ3v) is 2.67. The van der Waals surface area contributed by atoms with Crippen LogP contribution in [-0.4, -0.2) is 25.5 Å². The van der Waals surface area contributed by atoms with Gasteiger partial charge in [0.2, 0.25) is 0 Å². The molecule has 80 valence electrons. The van der Waals surface area contributed by atoms with Gasteiger partial charge >= 0.3 is 0 Å². The van der Waals surface area contributed by atoms with E-state index in [0.29, 0.717) is 0 Å². The molecule has 0 amide bonds. The molecule has 0 aliphatic carbocycles. The van der Waals surface area contributed by atoms with Crippen LogP contribution in [0.25, 0.3) is 0 Å². The van der Waals surface area contributed by atoms with Crippen molar-refractivity contribution in [3.05, 3.63) is 0 Å². The molecule has 1 unspecified atom stereocenters. The van der Waals surface area contributed by atoms with Crippen LogP contribution in [-0.2, 0) is 0 Å². The molecule has 0 aromatic carbocycles. The van der Waals surface area contributed by atoms with Gasteiger partial charge in [0, 0.05) is 6.54 Å². The lowest BCUT2D eigenvalue weighted by Crippen LogP contribution is -2.21. The summed E-state index contributed by atoms with van der Waals surface area (Å²) in [5, 5.41) is 0. The highest BCUT2D eigenvalue weighted by Crippen LogP contribution is 2.14. The molecule has 0 bridgehead atoms. The highest BCUT2D eigenvalue weighted by Gasteiger charge is 2.06. The summed E-state index contributed by atoms with van der Waals surface area (Å²) in [6.45, 7) is 5.85. The molecule has 0 spiro atoms. The smallest absolute Gasteiger partial charge is 0.000346 e. The fourth-order valence-corrected chi connectivity index (χ4v) is 1.80. The van der Waals surface area contributed by atoms with Gasteiger partial charge in [-0.2, -0.15) is 0 Å². The second-order valence-electron chi connectivity index (χ2n) is 4.39. The van der Waals surface area contributed by atoms with Gasteiger partial charge in [0.15, 0.2) is 0 Å². The van der Waals surface area contributed by atoms with Crippen molar-refractivity contribution < 1.29 is 0 Å². The van der Waals surface area contributed by atoms with E-state index in [4.69, 9.17) is 0 Å². The lowest BCUT2D eigenvalue weighted by molar-refractivity contribution is 0.299. The molecule has 0 N–H and O–H groups in total. The van der Waals surface area contributed by atoms with Gasteiger partial charge in [-0.3, -0.25) is 0 Å². The van der Waals surface area contributed by atoms with Gasteiger partial charge in [-0.1, -0.05) is 46.0 Å². The van der Waals surface area contributed by atoms with Crippen molar-refractivity contribution in [2.75, 3.05) is 20.6 Å². The van der Waals surface area contributed by atoms with Crippen LogP contribution in [0.15, 0.2) is 0 Å². The molecule has 13 heavy (non-hydrogen) atoms. The average Bonchev–Trinajstić information content (AvgIpc) is 2.09. The lowest BCUT2D eigenvalue weighted by atomic mass is 9.98. The van der Waals surface area contributed by atoms with E-state index in [1.165, 1.54) is 45.1 Å². The largest absolute Gasteiger partial charge is 0.309 e. The maximum absolute atomic E-state index is 2.31. The molecule has 0 aliphatic heterocycles. The quantitative estimate of drug-likeness (QED) is 0.523. The van der Waals surface area contributed by atoms with Crippen molar-refractivity contribution in [3.8, 4) is 0 Å². The standard InChI is InChI=1S/C12H27N/c1-5-7-8-9-10-12(6-2)11-13(3)4/h12H,5-11H2,1-4H3. The molecular formula is C12H27N. The van der Waals surface area contributed by atoms with Crippen LogP contribution in [0.4, 0.5) is 0 Å². The SMILES string of the molecule is CCCCCCC(CC)CN(C)C. The fourth-order valence-electron chi connectivity index (χ4n) is 1.80. The first-order valence-electron chi connectivity index (χ1n) is 5.85. The molecule has 0 aromatic rings. The third kappa shape index (κ3) is 8.29. The predicted octanol–water partition coefficient (Wildman–Crippen LogP) is 3.54. The maximum Gasteiger partial charge on any atom is 0.000346 e. The minimum Gasteiger partial charge on any atom is -0.309 e. The Morgan fingerprint density at radius 1 is 1.00 bits per heavy atom. The van der Waals surface area contributed by atoms with Crippen LogP contribution in [0, 0.1) is 5.92 Å². The zero-order valence-corrected chi connectivity index (χ0v) is 9.97. The van der Waals surface area contributed by atoms with Gasteiger partial charge in [-0.05, 0) is 26.4 Å². The second kappa shape index (κ2) is 8.55. The second-order valence-corrected chi connectivity index (χ2v) is 4.39. The summed E-state index contributed by atoms with van der Waals surface area (Å²) in [6.07, 6.45) is 8.39. The third-order valence-electron chi connectivity index (χ3n) is 2.67. The number of unbranched alkanes of at least 4 members (excludes halogenated alkanes) is 3. The minimum atomic E-state index is 0.923. The summed E-state index contributed by atoms with van der Waals surface area (Å²) in [6, 6.07) is 0. The molecule has 0 saturated carbocycles. The lowest BCUT2D eigenvalue weighted by Gasteiger charge is -2.19. The number of hydrogen-bond acceptors (Lipinski definition) is 1. The molecular weight excluding hydrogens is 158 g/mol. The molecule has 0 heterocycles. The number of hydrogen-bond donors (Lipinski definition) is 0. The van der Waals surface area contributed by atoms with Crippen LogP contribution in [0.1, 0.15) is 52.4 Å². The van der Waals surface area contributed by atoms with Gasteiger partial charge in [-0.25, -0.2) is 0 Å². The van der Waals surface area contributed by atoms with E-state index in [2.05, 4.69) is 32.8 Å². The van der Waals surface area contributed by atoms with Gasteiger partial charge < -0.3 is 4.90 Å². The molecule has 1 atom stereocenters. The Balaban J connectivity index is 3.36. The van der Waals surface area contributed by atoms with Crippen LogP contribution >= 0.6 is 0 Å². The Bertz CT molecular complexity index is 99.3. The Hall–Kier alpha value is -0.0400. The zero-order chi connectivity index (χ0) is 10.1. The van der Waals surface area contributed by atoms with Crippen LogP contribution in [0.5, 0.6) is 0 Å². The summed E-state index contributed by atoms with van der Waals surface area (Å²) in [5.41, 5.74) is 0. The van der Waals surface area contributed by atoms with Crippen molar-refractivity contribution in [3.63, 3.8) is 0 Å². The van der Waals surface area contributed by atoms with Gasteiger partial charge in [0.05, 0.1) is 0 Å². The van der Waals surface area contributed by atoms with Crippen molar-refractivity contribution >= 4 is 0 Å². The van der Waals surface area contributed by atoms with E-state index in [9.17, 15) is 0 Å². The van der Waals surface area contributed by atoms with Crippen LogP contribution in [0.3, 0.4) is 0 Å². The summed E-state index contributed by atoms with van der Waals surface area (Å²) in [5.74, 6) is 0.923. The van der Waals surface area contributed by atoms with E-state index < -0.39 is 0 Å². The first kappa shape index (κ1) is 13.0. The summed E-state index contributed by atoms with van der Waals surface area (Å²) >= 11 is 0. The molecule has 1 heteroatoms. The molecule has 1 nitrogen and oxygen atoms in total. The Labute approximate surface area is 84.5 Å². The monoisotopic (exact) mass is 185 g/mol. The summed E-state index contributed by atoms with van der Waals surface area (Å²) in [4.78, 5) is 2.31. The van der Waals surface area contributed by atoms with Crippen LogP contribution in [0.2, 0.25) is 0 Å². The first-order chi connectivity index (χ1) is 6.20. The minimum absolute atomic E-state index is 0.923. The first-order valence-corrected chi connectivity index (χ1v) is 5.85. The zero-order valence-electron chi connectivity index (χ0n) is 9.97. The Morgan fingerprint density at radius 2 is 1.69 bits per heavy atom. The topological polar surface area (TPSA) is 3.24 Å². The molecule has 0 radical (unpaired) electrons. The number of rotatable bonds is 8. The van der Waals surface area contributed by atoms with Gasteiger partial charge in [-0.15, -0.1) is 0 Å². The molecule has 0 aliphatic rings. The predicted molar refractivity (Wildman–Crippen MR) is 61.1 cm³/mol. The molecule has 0 fully saturated rings. The fraction of sp³-hybridized carbons (Fsp3) is 1.00. The van der Waals surface area contributed by atoms with Crippen molar-refractivity contribution in [2.45, 2.75) is 52.4 Å². The van der Waals surface area contributed by atoms with E-state index >= 15 is 0 Å². The molecule has 0 saturated heterocycles.